The van der Waals surface area contributed by atoms with Crippen LogP contribution in [0.3, 0.4) is 0 Å². The number of hydrogen-bond donors (Lipinski definition) is 1. The number of rotatable bonds is 7. The van der Waals surface area contributed by atoms with E-state index in [0.717, 1.165) is 5.92 Å². The first-order valence-electron chi connectivity index (χ1n) is 8.23. The maximum Gasteiger partial charge on any atom is 0.143 e. The fourth-order valence-corrected chi connectivity index (χ4v) is 2.47. The van der Waals surface area contributed by atoms with E-state index in [2.05, 4.69) is 45.9 Å². The predicted molar refractivity (Wildman–Crippen MR) is 92.8 cm³/mol. The van der Waals surface area contributed by atoms with Gasteiger partial charge >= 0.3 is 0 Å². The molecule has 0 aromatic heterocycles. The summed E-state index contributed by atoms with van der Waals surface area (Å²) in [4.78, 5) is 9.69. The zero-order chi connectivity index (χ0) is 16.3. The number of nitrogens with two attached hydrogens (primary N) is 1. The summed E-state index contributed by atoms with van der Waals surface area (Å²) in [5.74, 6) is 0.815. The van der Waals surface area contributed by atoms with Crippen LogP contribution < -0.4 is 5.73 Å². The van der Waals surface area contributed by atoms with Gasteiger partial charge in [-0.2, -0.15) is 0 Å². The van der Waals surface area contributed by atoms with Crippen LogP contribution in [-0.4, -0.2) is 12.3 Å². The van der Waals surface area contributed by atoms with Crippen LogP contribution >= 0.6 is 0 Å². The van der Waals surface area contributed by atoms with Gasteiger partial charge in [0.1, 0.15) is 5.78 Å². The molecule has 120 valence electrons. The number of ketones is 1. The number of Topliss-reactive ketones (excluding diaryl/α,β-unsaturated/α-hetero) is 1. The van der Waals surface area contributed by atoms with Crippen molar-refractivity contribution in [3.63, 3.8) is 0 Å². The molecule has 0 aliphatic rings. The van der Waals surface area contributed by atoms with Crippen molar-refractivity contribution < 1.29 is 4.79 Å². The lowest BCUT2D eigenvalue weighted by atomic mass is 9.86. The molecule has 0 saturated carbocycles. The molecule has 0 saturated heterocycles. The van der Waals surface area contributed by atoms with Gasteiger partial charge in [0.05, 0.1) is 6.54 Å². The van der Waals surface area contributed by atoms with E-state index < -0.39 is 0 Å². The molecule has 0 aliphatic carbocycles. The van der Waals surface area contributed by atoms with Gasteiger partial charge < -0.3 is 5.73 Å². The average Bonchev–Trinajstić information content (AvgIpc) is 2.47. The summed E-state index contributed by atoms with van der Waals surface area (Å²) in [5, 5.41) is 0. The summed E-state index contributed by atoms with van der Waals surface area (Å²) in [5.41, 5.74) is 9.37. The van der Waals surface area contributed by atoms with E-state index in [-0.39, 0.29) is 12.3 Å². The number of carbonyl (C=O) groups is 1. The van der Waals surface area contributed by atoms with E-state index in [4.69, 9.17) is 5.73 Å². The molecule has 1 aromatic rings. The first-order valence-corrected chi connectivity index (χ1v) is 8.23. The topological polar surface area (TPSA) is 43.1 Å². The fraction of sp³-hybridized carbons (Fsp3) is 0.632. The molecule has 1 atom stereocenters. The Morgan fingerprint density at radius 3 is 2.24 bits per heavy atom. The van der Waals surface area contributed by atoms with E-state index in [1.54, 1.807) is 5.56 Å². The van der Waals surface area contributed by atoms with Gasteiger partial charge in [-0.05, 0) is 56.2 Å². The van der Waals surface area contributed by atoms with Gasteiger partial charge in [0.15, 0.2) is 0 Å². The van der Waals surface area contributed by atoms with Crippen LogP contribution in [0.1, 0.15) is 75.5 Å². The zero-order valence-electron chi connectivity index (χ0n) is 14.5. The second-order valence-corrected chi connectivity index (χ2v) is 5.82. The fourth-order valence-electron chi connectivity index (χ4n) is 2.47. The van der Waals surface area contributed by atoms with Gasteiger partial charge in [-0.1, -0.05) is 51.3 Å². The summed E-state index contributed by atoms with van der Waals surface area (Å²) < 4.78 is 0. The highest BCUT2D eigenvalue weighted by Gasteiger charge is 2.13. The summed E-state index contributed by atoms with van der Waals surface area (Å²) in [6.45, 7) is 10.7. The molecule has 2 heteroatoms. The number of carbonyl (C=O) groups excluding carboxylic acids is 1. The van der Waals surface area contributed by atoms with Gasteiger partial charge in [0, 0.05) is 0 Å². The van der Waals surface area contributed by atoms with Crippen molar-refractivity contribution in [2.24, 2.45) is 5.73 Å². The lowest BCUT2D eigenvalue weighted by Gasteiger charge is -2.19. The molecule has 1 aromatic carbocycles. The Hall–Kier alpha value is -1.15. The van der Waals surface area contributed by atoms with Crippen LogP contribution in [0, 0.1) is 13.8 Å². The average molecular weight is 291 g/mol. The molecule has 2 nitrogen and oxygen atoms in total. The Bertz CT molecular complexity index is 412. The molecule has 0 aliphatic heterocycles. The number of unbranched alkanes of at least 4 members (excludes halogenated alkanes) is 1. The van der Waals surface area contributed by atoms with Crippen LogP contribution in [0.15, 0.2) is 18.2 Å². The Kier molecular flexibility index (Phi) is 10.9. The van der Waals surface area contributed by atoms with Crippen molar-refractivity contribution in [2.75, 3.05) is 6.54 Å². The third-order valence-electron chi connectivity index (χ3n) is 3.92. The molecule has 1 rings (SSSR count). The van der Waals surface area contributed by atoms with E-state index in [1.165, 1.54) is 50.2 Å². The molecule has 0 radical (unpaired) electrons. The minimum Gasteiger partial charge on any atom is -0.324 e. The molecule has 0 bridgehead atoms. The number of benzene rings is 1. The second-order valence-electron chi connectivity index (χ2n) is 5.82. The highest BCUT2D eigenvalue weighted by molar-refractivity contribution is 5.77. The zero-order valence-corrected chi connectivity index (χ0v) is 14.5. The molecule has 0 heterocycles. The van der Waals surface area contributed by atoms with Gasteiger partial charge in [-0.3, -0.25) is 4.79 Å². The minimum absolute atomic E-state index is 0.0324. The standard InChI is InChI=1S/C16H26.C3H7NO/c1-5-7-11-15(9-6-2)16-12-8-10-13(3)14(16)4;1-3(5)2-4/h8,10,12,15H,5-7,9,11H2,1-4H3;2,4H2,1H3. The van der Waals surface area contributed by atoms with E-state index in [9.17, 15) is 4.79 Å². The summed E-state index contributed by atoms with van der Waals surface area (Å²) in [6, 6.07) is 6.77. The van der Waals surface area contributed by atoms with E-state index in [1.807, 2.05) is 0 Å². The predicted octanol–water partition coefficient (Wildman–Crippen LogP) is 4.91. The Balaban J connectivity index is 0.000000690. The highest BCUT2D eigenvalue weighted by Crippen LogP contribution is 2.30. The summed E-state index contributed by atoms with van der Waals surface area (Å²) >= 11 is 0. The van der Waals surface area contributed by atoms with Crippen molar-refractivity contribution in [3.05, 3.63) is 34.9 Å². The first-order chi connectivity index (χ1) is 9.97. The molecule has 0 spiro atoms. The quantitative estimate of drug-likeness (QED) is 0.775. The van der Waals surface area contributed by atoms with Gasteiger partial charge in [0.2, 0.25) is 0 Å². The third kappa shape index (κ3) is 8.01. The van der Waals surface area contributed by atoms with Crippen LogP contribution in [-0.2, 0) is 4.79 Å². The molecule has 2 N–H and O–H groups in total. The normalized spacial score (nSPS) is 11.5. The van der Waals surface area contributed by atoms with Crippen molar-refractivity contribution in [3.8, 4) is 0 Å². The molecule has 21 heavy (non-hydrogen) atoms. The van der Waals surface area contributed by atoms with Crippen LogP contribution in [0.5, 0.6) is 0 Å². The molecule has 0 fully saturated rings. The van der Waals surface area contributed by atoms with Crippen molar-refractivity contribution in [1.29, 1.82) is 0 Å². The monoisotopic (exact) mass is 291 g/mol. The third-order valence-corrected chi connectivity index (χ3v) is 3.92. The van der Waals surface area contributed by atoms with Gasteiger partial charge in [0.25, 0.3) is 0 Å². The van der Waals surface area contributed by atoms with Crippen LogP contribution in [0.25, 0.3) is 0 Å². The van der Waals surface area contributed by atoms with E-state index in [0.29, 0.717) is 0 Å². The van der Waals surface area contributed by atoms with Crippen molar-refractivity contribution >= 4 is 5.78 Å². The minimum atomic E-state index is 0.0324. The van der Waals surface area contributed by atoms with Crippen molar-refractivity contribution in [1.82, 2.24) is 0 Å². The summed E-state index contributed by atoms with van der Waals surface area (Å²) in [6.07, 6.45) is 6.66. The molecular weight excluding hydrogens is 258 g/mol. The molecule has 0 amide bonds. The SMILES string of the molecule is CC(=O)CN.CCCCC(CCC)c1cccc(C)c1C. The first kappa shape index (κ1) is 19.9. The lowest BCUT2D eigenvalue weighted by molar-refractivity contribution is -0.115. The smallest absolute Gasteiger partial charge is 0.143 e. The van der Waals surface area contributed by atoms with Gasteiger partial charge in [-0.25, -0.2) is 0 Å². The Morgan fingerprint density at radius 2 is 1.76 bits per heavy atom. The number of aryl methyl sites for hydroxylation is 1. The Morgan fingerprint density at radius 1 is 1.14 bits per heavy atom. The van der Waals surface area contributed by atoms with Crippen LogP contribution in [0.4, 0.5) is 0 Å². The van der Waals surface area contributed by atoms with E-state index >= 15 is 0 Å². The van der Waals surface area contributed by atoms with Crippen LogP contribution in [0.2, 0.25) is 0 Å². The largest absolute Gasteiger partial charge is 0.324 e. The van der Waals surface area contributed by atoms with Gasteiger partial charge in [-0.15, -0.1) is 0 Å². The second kappa shape index (κ2) is 11.5. The number of hydrogen-bond acceptors (Lipinski definition) is 2. The Labute approximate surface area is 131 Å². The molecule has 1 unspecified atom stereocenters. The summed E-state index contributed by atoms with van der Waals surface area (Å²) in [7, 11) is 0. The molecular formula is C19H33NO. The lowest BCUT2D eigenvalue weighted by Crippen LogP contribution is -2.07. The maximum atomic E-state index is 9.69. The maximum absolute atomic E-state index is 9.69. The highest BCUT2D eigenvalue weighted by atomic mass is 16.1. The van der Waals surface area contributed by atoms with Crippen molar-refractivity contribution in [2.45, 2.75) is 72.6 Å².